The zero-order valence-corrected chi connectivity index (χ0v) is 10.6. The number of hydrogen-bond donors (Lipinski definition) is 0. The third-order valence-corrected chi connectivity index (χ3v) is 2.23. The summed E-state index contributed by atoms with van der Waals surface area (Å²) in [6.07, 6.45) is -3.42. The minimum Gasteiger partial charge on any atom is -0.466 e. The van der Waals surface area contributed by atoms with Crippen LogP contribution in [0.5, 0.6) is 0 Å². The molecule has 1 heterocycles. The lowest BCUT2D eigenvalue weighted by molar-refractivity contribution is -0.143. The fraction of sp³-hybridized carbons (Fsp3) is 0.545. The maximum Gasteiger partial charge on any atom is 0.433 e. The Labute approximate surface area is 108 Å². The number of halogens is 3. The van der Waals surface area contributed by atoms with Crippen LogP contribution < -0.4 is 4.90 Å². The zero-order chi connectivity index (χ0) is 14.5. The summed E-state index contributed by atoms with van der Waals surface area (Å²) in [4.78, 5) is 19.6. The van der Waals surface area contributed by atoms with Crippen molar-refractivity contribution >= 4 is 11.9 Å². The Kier molecular flexibility index (Phi) is 5.08. The summed E-state index contributed by atoms with van der Waals surface area (Å²) < 4.78 is 42.1. The first-order chi connectivity index (χ1) is 8.84. The van der Waals surface area contributed by atoms with Crippen molar-refractivity contribution in [3.63, 3.8) is 0 Å². The van der Waals surface area contributed by atoms with Crippen molar-refractivity contribution in [2.45, 2.75) is 19.5 Å². The number of carbonyl (C=O) groups is 1. The lowest BCUT2D eigenvalue weighted by Gasteiger charge is -2.17. The fourth-order valence-corrected chi connectivity index (χ4v) is 1.28. The smallest absolute Gasteiger partial charge is 0.433 e. The Morgan fingerprint density at radius 3 is 2.74 bits per heavy atom. The molecule has 0 radical (unpaired) electrons. The van der Waals surface area contributed by atoms with E-state index in [9.17, 15) is 18.0 Å². The van der Waals surface area contributed by atoms with Crippen molar-refractivity contribution in [3.05, 3.63) is 18.0 Å². The van der Waals surface area contributed by atoms with Gasteiger partial charge in [0.15, 0.2) is 0 Å². The predicted molar refractivity (Wildman–Crippen MR) is 61.6 cm³/mol. The van der Waals surface area contributed by atoms with Crippen LogP contribution in [-0.2, 0) is 15.7 Å². The molecule has 1 aromatic heterocycles. The van der Waals surface area contributed by atoms with Gasteiger partial charge >= 0.3 is 12.1 Å². The molecule has 0 atom stereocenters. The number of nitrogens with zero attached hydrogens (tertiary/aromatic N) is 3. The Bertz CT molecular complexity index is 437. The van der Waals surface area contributed by atoms with E-state index in [0.717, 1.165) is 12.3 Å². The summed E-state index contributed by atoms with van der Waals surface area (Å²) in [5.41, 5.74) is -1.01. The monoisotopic (exact) mass is 277 g/mol. The maximum absolute atomic E-state index is 12.5. The van der Waals surface area contributed by atoms with E-state index in [2.05, 4.69) is 9.97 Å². The molecule has 0 aliphatic rings. The average Bonchev–Trinajstić information content (AvgIpc) is 2.35. The number of ether oxygens (including phenoxy) is 1. The molecule has 0 aliphatic heterocycles. The van der Waals surface area contributed by atoms with E-state index in [4.69, 9.17) is 4.74 Å². The molecule has 0 spiro atoms. The number of rotatable bonds is 5. The highest BCUT2D eigenvalue weighted by atomic mass is 19.4. The van der Waals surface area contributed by atoms with Gasteiger partial charge in [0.05, 0.1) is 13.0 Å². The molecule has 0 amide bonds. The minimum absolute atomic E-state index is 0.0595. The first-order valence-electron chi connectivity index (χ1n) is 5.61. The van der Waals surface area contributed by atoms with Crippen LogP contribution in [0, 0.1) is 0 Å². The Morgan fingerprint density at radius 2 is 2.16 bits per heavy atom. The van der Waals surface area contributed by atoms with E-state index >= 15 is 0 Å². The van der Waals surface area contributed by atoms with E-state index in [1.165, 1.54) is 11.9 Å². The summed E-state index contributed by atoms with van der Waals surface area (Å²) in [6, 6.07) is 0.794. The van der Waals surface area contributed by atoms with E-state index in [-0.39, 0.29) is 25.5 Å². The van der Waals surface area contributed by atoms with Gasteiger partial charge in [-0.05, 0) is 13.0 Å². The van der Waals surface area contributed by atoms with Crippen molar-refractivity contribution in [3.8, 4) is 0 Å². The second-order valence-corrected chi connectivity index (χ2v) is 3.72. The highest BCUT2D eigenvalue weighted by Crippen LogP contribution is 2.27. The number of aromatic nitrogens is 2. The number of hydrogen-bond acceptors (Lipinski definition) is 5. The SMILES string of the molecule is CCOC(=O)CCN(C)c1nccc(C(F)(F)F)n1. The molecular weight excluding hydrogens is 263 g/mol. The van der Waals surface area contributed by atoms with Crippen LogP contribution in [0.15, 0.2) is 12.3 Å². The molecule has 1 rings (SSSR count). The van der Waals surface area contributed by atoms with E-state index in [1.807, 2.05) is 0 Å². The van der Waals surface area contributed by atoms with Gasteiger partial charge in [-0.25, -0.2) is 9.97 Å². The second-order valence-electron chi connectivity index (χ2n) is 3.72. The van der Waals surface area contributed by atoms with Gasteiger partial charge in [-0.3, -0.25) is 4.79 Å². The normalized spacial score (nSPS) is 11.2. The minimum atomic E-state index is -4.51. The van der Waals surface area contributed by atoms with Crippen molar-refractivity contribution in [2.24, 2.45) is 0 Å². The third-order valence-electron chi connectivity index (χ3n) is 2.23. The summed E-state index contributed by atoms with van der Waals surface area (Å²) in [7, 11) is 1.51. The van der Waals surface area contributed by atoms with Crippen molar-refractivity contribution in [2.75, 3.05) is 25.1 Å². The number of alkyl halides is 3. The Hall–Kier alpha value is -1.86. The number of carbonyl (C=O) groups excluding carboxylic acids is 1. The van der Waals surface area contributed by atoms with Gasteiger partial charge in [0.1, 0.15) is 5.69 Å². The molecule has 5 nitrogen and oxygen atoms in total. The molecule has 0 unspecified atom stereocenters. The van der Waals surface area contributed by atoms with E-state index in [1.54, 1.807) is 6.92 Å². The molecule has 8 heteroatoms. The highest BCUT2D eigenvalue weighted by molar-refractivity contribution is 5.70. The fourth-order valence-electron chi connectivity index (χ4n) is 1.28. The molecule has 0 saturated carbocycles. The first-order valence-corrected chi connectivity index (χ1v) is 5.61. The summed E-state index contributed by atoms with van der Waals surface area (Å²) >= 11 is 0. The van der Waals surface area contributed by atoms with Gasteiger partial charge in [0.2, 0.25) is 5.95 Å². The molecule has 1 aromatic rings. The van der Waals surface area contributed by atoms with Gasteiger partial charge < -0.3 is 9.64 Å². The van der Waals surface area contributed by atoms with Crippen LogP contribution in [0.2, 0.25) is 0 Å². The molecule has 0 saturated heterocycles. The lowest BCUT2D eigenvalue weighted by atomic mass is 10.4. The second kappa shape index (κ2) is 6.35. The molecular formula is C11H14F3N3O2. The first kappa shape index (κ1) is 15.2. The Balaban J connectivity index is 2.67. The standard InChI is InChI=1S/C11H14F3N3O2/c1-3-19-9(18)5-7-17(2)10-15-6-4-8(16-10)11(12,13)14/h4,6H,3,5,7H2,1-2H3. The largest absolute Gasteiger partial charge is 0.466 e. The lowest BCUT2D eigenvalue weighted by Crippen LogP contribution is -2.25. The van der Waals surface area contributed by atoms with Gasteiger partial charge in [-0.1, -0.05) is 0 Å². The molecule has 19 heavy (non-hydrogen) atoms. The van der Waals surface area contributed by atoms with Gasteiger partial charge in [-0.2, -0.15) is 13.2 Å². The molecule has 0 fully saturated rings. The number of anilines is 1. The van der Waals surface area contributed by atoms with Crippen LogP contribution in [-0.4, -0.2) is 36.1 Å². The predicted octanol–water partition coefficient (Wildman–Crippen LogP) is 1.88. The van der Waals surface area contributed by atoms with Crippen LogP contribution in [0.4, 0.5) is 19.1 Å². The van der Waals surface area contributed by atoms with Crippen molar-refractivity contribution < 1.29 is 22.7 Å². The molecule has 0 aliphatic carbocycles. The highest BCUT2D eigenvalue weighted by Gasteiger charge is 2.33. The van der Waals surface area contributed by atoms with Crippen LogP contribution in [0.1, 0.15) is 19.0 Å². The van der Waals surface area contributed by atoms with Gasteiger partial charge in [0, 0.05) is 19.8 Å². The maximum atomic E-state index is 12.5. The zero-order valence-electron chi connectivity index (χ0n) is 10.6. The molecule has 0 aromatic carbocycles. The van der Waals surface area contributed by atoms with E-state index in [0.29, 0.717) is 0 Å². The summed E-state index contributed by atoms with van der Waals surface area (Å²) in [6.45, 7) is 2.13. The quantitative estimate of drug-likeness (QED) is 0.769. The Morgan fingerprint density at radius 1 is 1.47 bits per heavy atom. The molecule has 0 N–H and O–H groups in total. The van der Waals surface area contributed by atoms with Crippen LogP contribution >= 0.6 is 0 Å². The molecule has 0 bridgehead atoms. The van der Waals surface area contributed by atoms with Crippen LogP contribution in [0.25, 0.3) is 0 Å². The molecule has 106 valence electrons. The van der Waals surface area contributed by atoms with Gasteiger partial charge in [0.25, 0.3) is 0 Å². The van der Waals surface area contributed by atoms with Crippen molar-refractivity contribution in [1.29, 1.82) is 0 Å². The third kappa shape index (κ3) is 4.72. The van der Waals surface area contributed by atoms with Crippen LogP contribution in [0.3, 0.4) is 0 Å². The van der Waals surface area contributed by atoms with E-state index < -0.39 is 17.8 Å². The topological polar surface area (TPSA) is 55.3 Å². The average molecular weight is 277 g/mol. The number of esters is 1. The summed E-state index contributed by atoms with van der Waals surface area (Å²) in [5.74, 6) is -0.500. The summed E-state index contributed by atoms with van der Waals surface area (Å²) in [5, 5.41) is 0. The van der Waals surface area contributed by atoms with Crippen molar-refractivity contribution in [1.82, 2.24) is 9.97 Å². The van der Waals surface area contributed by atoms with Gasteiger partial charge in [-0.15, -0.1) is 0 Å².